The Morgan fingerprint density at radius 3 is 2.43 bits per heavy atom. The maximum atomic E-state index is 12.6. The molecule has 144 valence electrons. The Labute approximate surface area is 182 Å². The molecule has 4 rings (SSSR count). The molecule has 0 saturated carbocycles. The van der Waals surface area contributed by atoms with E-state index >= 15 is 0 Å². The number of carbonyl (C=O) groups is 1. The van der Waals surface area contributed by atoms with Crippen LogP contribution in [0.3, 0.4) is 0 Å². The molecular weight excluding hydrogens is 440 g/mol. The van der Waals surface area contributed by atoms with Crippen molar-refractivity contribution in [1.82, 2.24) is 4.57 Å². The second kappa shape index (κ2) is 7.96. The predicted octanol–water partition coefficient (Wildman–Crippen LogP) is 5.64. The third kappa shape index (κ3) is 3.87. The van der Waals surface area contributed by atoms with Gasteiger partial charge in [0.05, 0.1) is 33.1 Å². The molecule has 1 amide bonds. The van der Waals surface area contributed by atoms with E-state index in [4.69, 9.17) is 46.4 Å². The van der Waals surface area contributed by atoms with Gasteiger partial charge in [0.2, 0.25) is 0 Å². The third-order valence-corrected chi connectivity index (χ3v) is 6.20. The number of fused-ring (bicyclic) bond motifs is 1. The van der Waals surface area contributed by atoms with Crippen molar-refractivity contribution in [2.75, 3.05) is 5.32 Å². The predicted molar refractivity (Wildman–Crippen MR) is 113 cm³/mol. The van der Waals surface area contributed by atoms with Crippen molar-refractivity contribution in [1.29, 1.82) is 0 Å². The fourth-order valence-electron chi connectivity index (χ4n) is 3.46. The number of rotatable bonds is 4. The van der Waals surface area contributed by atoms with Crippen LogP contribution < -0.4 is 9.88 Å². The molecule has 8 heteroatoms. The highest BCUT2D eigenvalue weighted by atomic mass is 35.5. The van der Waals surface area contributed by atoms with Gasteiger partial charge in [-0.3, -0.25) is 4.79 Å². The fourth-order valence-corrected chi connectivity index (χ4v) is 4.06. The van der Waals surface area contributed by atoms with Crippen LogP contribution in [0.2, 0.25) is 20.1 Å². The van der Waals surface area contributed by atoms with E-state index in [1.807, 2.05) is 22.9 Å². The lowest BCUT2D eigenvalue weighted by Crippen LogP contribution is -2.42. The number of amides is 1. The SMILES string of the molecule is O=C(C[n+]1cc(-c2ccc(Cl)c(Cl)c2)n2c1CCC2)Nc1ccc(Cl)c(Cl)c1. The number of aromatic nitrogens is 2. The first kappa shape index (κ1) is 19.6. The fraction of sp³-hybridized carbons (Fsp3) is 0.200. The van der Waals surface area contributed by atoms with Crippen molar-refractivity contribution in [3.05, 3.63) is 68.5 Å². The van der Waals surface area contributed by atoms with Crippen LogP contribution in [0.5, 0.6) is 0 Å². The lowest BCUT2D eigenvalue weighted by atomic mass is 10.1. The second-order valence-electron chi connectivity index (χ2n) is 6.62. The van der Waals surface area contributed by atoms with Crippen LogP contribution in [0, 0.1) is 0 Å². The maximum absolute atomic E-state index is 12.6. The third-order valence-electron chi connectivity index (χ3n) is 4.73. The lowest BCUT2D eigenvalue weighted by Gasteiger charge is -2.05. The molecule has 4 nitrogen and oxygen atoms in total. The number of nitrogens with one attached hydrogen (secondary N) is 1. The Kier molecular flexibility index (Phi) is 5.57. The molecular formula is C20H16Cl4N3O+. The number of hydrogen-bond donors (Lipinski definition) is 1. The Bertz CT molecular complexity index is 1080. The van der Waals surface area contributed by atoms with E-state index in [-0.39, 0.29) is 12.5 Å². The summed E-state index contributed by atoms with van der Waals surface area (Å²) in [5.41, 5.74) is 2.61. The topological polar surface area (TPSA) is 37.9 Å². The summed E-state index contributed by atoms with van der Waals surface area (Å²) in [4.78, 5) is 12.6. The largest absolute Gasteiger partial charge is 0.323 e. The molecule has 1 aliphatic heterocycles. The number of benzene rings is 2. The van der Waals surface area contributed by atoms with Crippen LogP contribution >= 0.6 is 46.4 Å². The molecule has 28 heavy (non-hydrogen) atoms. The van der Waals surface area contributed by atoms with Crippen LogP contribution in [0.1, 0.15) is 12.2 Å². The van der Waals surface area contributed by atoms with Gasteiger partial charge in [-0.25, -0.2) is 9.13 Å². The molecule has 0 saturated heterocycles. The average molecular weight is 456 g/mol. The van der Waals surface area contributed by atoms with Crippen molar-refractivity contribution in [3.8, 4) is 11.3 Å². The summed E-state index contributed by atoms with van der Waals surface area (Å²) >= 11 is 24.2. The summed E-state index contributed by atoms with van der Waals surface area (Å²) in [5, 5.41) is 4.75. The molecule has 3 aromatic rings. The van der Waals surface area contributed by atoms with Crippen LogP contribution in [-0.2, 0) is 24.3 Å². The summed E-state index contributed by atoms with van der Waals surface area (Å²) in [6.45, 7) is 1.11. The normalized spacial score (nSPS) is 12.9. The van der Waals surface area contributed by atoms with Gasteiger partial charge in [0.1, 0.15) is 6.20 Å². The monoisotopic (exact) mass is 454 g/mol. The summed E-state index contributed by atoms with van der Waals surface area (Å²) < 4.78 is 4.21. The van der Waals surface area contributed by atoms with Gasteiger partial charge in [-0.2, -0.15) is 0 Å². The van der Waals surface area contributed by atoms with Crippen molar-refractivity contribution in [2.24, 2.45) is 0 Å². The van der Waals surface area contributed by atoms with E-state index in [2.05, 4.69) is 9.88 Å². The maximum Gasteiger partial charge on any atom is 0.266 e. The second-order valence-corrected chi connectivity index (χ2v) is 8.25. The van der Waals surface area contributed by atoms with E-state index in [1.165, 1.54) is 0 Å². The van der Waals surface area contributed by atoms with Crippen molar-refractivity contribution >= 4 is 58.0 Å². The van der Waals surface area contributed by atoms with Crippen LogP contribution in [0.25, 0.3) is 11.3 Å². The Morgan fingerprint density at radius 1 is 1.00 bits per heavy atom. The first-order valence-corrected chi connectivity index (χ1v) is 10.3. The molecule has 0 bridgehead atoms. The first-order chi connectivity index (χ1) is 13.4. The molecule has 0 atom stereocenters. The Balaban J connectivity index is 1.59. The Morgan fingerprint density at radius 2 is 1.71 bits per heavy atom. The zero-order chi connectivity index (χ0) is 19.8. The van der Waals surface area contributed by atoms with Crippen molar-refractivity contribution in [3.63, 3.8) is 0 Å². The van der Waals surface area contributed by atoms with Gasteiger partial charge in [-0.15, -0.1) is 0 Å². The van der Waals surface area contributed by atoms with Crippen molar-refractivity contribution < 1.29 is 9.36 Å². The highest BCUT2D eigenvalue weighted by molar-refractivity contribution is 6.42. The van der Waals surface area contributed by atoms with Gasteiger partial charge in [-0.05, 0) is 42.8 Å². The van der Waals surface area contributed by atoms with E-state index in [0.29, 0.717) is 25.8 Å². The van der Waals surface area contributed by atoms with Crippen LogP contribution in [0.15, 0.2) is 42.6 Å². The molecule has 2 heterocycles. The smallest absolute Gasteiger partial charge is 0.266 e. The average Bonchev–Trinajstić information content (AvgIpc) is 3.25. The quantitative estimate of drug-likeness (QED) is 0.507. The highest BCUT2D eigenvalue weighted by Crippen LogP contribution is 2.30. The molecule has 1 aromatic heterocycles. The number of imidazole rings is 1. The standard InChI is InChI=1S/C20H15Cl4N3O/c21-14-5-3-12(8-16(14)23)18-10-26(20-2-1-7-27(18)20)11-19(28)25-13-4-6-15(22)17(24)9-13/h3-6,8-10H,1-2,7,11H2/p+1. The molecule has 0 aliphatic carbocycles. The molecule has 2 aromatic carbocycles. The molecule has 0 spiro atoms. The number of nitrogens with zero attached hydrogens (tertiary/aromatic N) is 2. The number of anilines is 1. The summed E-state index contributed by atoms with van der Waals surface area (Å²) in [6, 6.07) is 10.6. The number of carbonyl (C=O) groups excluding carboxylic acids is 1. The summed E-state index contributed by atoms with van der Waals surface area (Å²) in [7, 11) is 0. The van der Waals surface area contributed by atoms with Gasteiger partial charge in [0.25, 0.3) is 11.7 Å². The van der Waals surface area contributed by atoms with E-state index < -0.39 is 0 Å². The minimum absolute atomic E-state index is 0.135. The number of halogens is 4. The van der Waals surface area contributed by atoms with Gasteiger partial charge in [-0.1, -0.05) is 46.4 Å². The minimum atomic E-state index is -0.135. The van der Waals surface area contributed by atoms with E-state index in [1.54, 1.807) is 24.3 Å². The zero-order valence-corrected chi connectivity index (χ0v) is 17.7. The molecule has 1 N–H and O–H groups in total. The molecule has 0 unspecified atom stereocenters. The molecule has 0 radical (unpaired) electrons. The van der Waals surface area contributed by atoms with E-state index in [9.17, 15) is 4.79 Å². The first-order valence-electron chi connectivity index (χ1n) is 8.74. The zero-order valence-electron chi connectivity index (χ0n) is 14.7. The van der Waals surface area contributed by atoms with Gasteiger partial charge >= 0.3 is 0 Å². The van der Waals surface area contributed by atoms with Crippen LogP contribution in [0.4, 0.5) is 5.69 Å². The van der Waals surface area contributed by atoms with Gasteiger partial charge in [0.15, 0.2) is 12.2 Å². The van der Waals surface area contributed by atoms with Gasteiger partial charge < -0.3 is 5.32 Å². The minimum Gasteiger partial charge on any atom is -0.323 e. The van der Waals surface area contributed by atoms with Crippen LogP contribution in [-0.4, -0.2) is 10.5 Å². The summed E-state index contributed by atoms with van der Waals surface area (Å²) in [6.07, 6.45) is 3.95. The van der Waals surface area contributed by atoms with E-state index in [0.717, 1.165) is 36.5 Å². The number of hydrogen-bond acceptors (Lipinski definition) is 1. The highest BCUT2D eigenvalue weighted by Gasteiger charge is 2.29. The molecule has 0 fully saturated rings. The Hall–Kier alpha value is -1.72. The molecule has 1 aliphatic rings. The van der Waals surface area contributed by atoms with Gasteiger partial charge in [0, 0.05) is 11.3 Å². The lowest BCUT2D eigenvalue weighted by molar-refractivity contribution is -0.690. The van der Waals surface area contributed by atoms with Crippen molar-refractivity contribution in [2.45, 2.75) is 25.9 Å². The summed E-state index contributed by atoms with van der Waals surface area (Å²) in [5.74, 6) is 0.981.